The summed E-state index contributed by atoms with van der Waals surface area (Å²) in [5.74, 6) is 6.22. The van der Waals surface area contributed by atoms with Gasteiger partial charge in [0, 0.05) is 23.6 Å². The maximum absolute atomic E-state index is 12.5. The number of benzene rings is 2. The summed E-state index contributed by atoms with van der Waals surface area (Å²) in [7, 11) is 0. The number of fused-ring (bicyclic) bond motifs is 1. The van der Waals surface area contributed by atoms with E-state index in [1.165, 1.54) is 4.57 Å². The number of rotatable bonds is 4. The van der Waals surface area contributed by atoms with Crippen molar-refractivity contribution in [3.63, 3.8) is 0 Å². The minimum absolute atomic E-state index is 0.0647. The molecule has 0 aliphatic carbocycles. The zero-order valence-electron chi connectivity index (χ0n) is 13.7. The standard InChI is InChI=1S/C21H19NO3/c23-15-19(24)14-22-12-11-18-10-9-17(13-20(18)21(22)25)8-4-7-16-5-2-1-3-6-16/h1-3,5-6,9-13,19,23-24H,7,14-15H2. The van der Waals surface area contributed by atoms with E-state index in [2.05, 4.69) is 11.8 Å². The van der Waals surface area contributed by atoms with Crippen LogP contribution in [0.1, 0.15) is 11.1 Å². The molecule has 2 aromatic carbocycles. The number of aliphatic hydroxyl groups is 2. The molecule has 0 saturated carbocycles. The lowest BCUT2D eigenvalue weighted by atomic mass is 10.1. The van der Waals surface area contributed by atoms with E-state index in [9.17, 15) is 9.90 Å². The van der Waals surface area contributed by atoms with Crippen LogP contribution in [0.25, 0.3) is 10.8 Å². The first-order chi connectivity index (χ1) is 12.2. The Morgan fingerprint density at radius 3 is 2.64 bits per heavy atom. The van der Waals surface area contributed by atoms with E-state index < -0.39 is 6.10 Å². The zero-order valence-corrected chi connectivity index (χ0v) is 13.7. The molecular weight excluding hydrogens is 314 g/mol. The topological polar surface area (TPSA) is 62.5 Å². The monoisotopic (exact) mass is 333 g/mol. The van der Waals surface area contributed by atoms with Gasteiger partial charge in [-0.1, -0.05) is 48.2 Å². The zero-order chi connectivity index (χ0) is 17.6. The summed E-state index contributed by atoms with van der Waals surface area (Å²) in [5.41, 5.74) is 1.73. The Morgan fingerprint density at radius 2 is 1.88 bits per heavy atom. The first-order valence-electron chi connectivity index (χ1n) is 8.12. The second-order valence-corrected chi connectivity index (χ2v) is 5.88. The summed E-state index contributed by atoms with van der Waals surface area (Å²) in [4.78, 5) is 12.5. The van der Waals surface area contributed by atoms with Gasteiger partial charge in [-0.25, -0.2) is 0 Å². The van der Waals surface area contributed by atoms with Gasteiger partial charge in [-0.05, 0) is 29.1 Å². The first kappa shape index (κ1) is 17.0. The predicted molar refractivity (Wildman–Crippen MR) is 98.3 cm³/mol. The molecule has 0 radical (unpaired) electrons. The Labute approximate surface area is 146 Å². The van der Waals surface area contributed by atoms with Crippen molar-refractivity contribution < 1.29 is 10.2 Å². The van der Waals surface area contributed by atoms with E-state index in [1.807, 2.05) is 48.5 Å². The smallest absolute Gasteiger partial charge is 0.258 e. The number of nitrogens with zero attached hydrogens (tertiary/aromatic N) is 1. The fourth-order valence-corrected chi connectivity index (χ4v) is 2.63. The van der Waals surface area contributed by atoms with Crippen LogP contribution in [-0.4, -0.2) is 27.5 Å². The van der Waals surface area contributed by atoms with Gasteiger partial charge in [0.05, 0.1) is 19.3 Å². The number of aromatic nitrogens is 1. The molecule has 0 spiro atoms. The van der Waals surface area contributed by atoms with Crippen LogP contribution in [0.5, 0.6) is 0 Å². The lowest BCUT2D eigenvalue weighted by molar-refractivity contribution is 0.0805. The molecule has 0 saturated heterocycles. The van der Waals surface area contributed by atoms with Gasteiger partial charge in [-0.15, -0.1) is 0 Å². The first-order valence-corrected chi connectivity index (χ1v) is 8.12. The molecule has 1 atom stereocenters. The minimum Gasteiger partial charge on any atom is -0.394 e. The van der Waals surface area contributed by atoms with Crippen LogP contribution in [0.15, 0.2) is 65.6 Å². The van der Waals surface area contributed by atoms with Crippen molar-refractivity contribution in [1.29, 1.82) is 0 Å². The molecule has 25 heavy (non-hydrogen) atoms. The molecule has 0 amide bonds. The van der Waals surface area contributed by atoms with Crippen molar-refractivity contribution in [1.82, 2.24) is 4.57 Å². The highest BCUT2D eigenvalue weighted by Gasteiger charge is 2.07. The third-order valence-electron chi connectivity index (χ3n) is 3.96. The van der Waals surface area contributed by atoms with Crippen LogP contribution in [0, 0.1) is 11.8 Å². The average molecular weight is 333 g/mol. The summed E-state index contributed by atoms with van der Waals surface area (Å²) in [6, 6.07) is 17.4. The third kappa shape index (κ3) is 4.16. The summed E-state index contributed by atoms with van der Waals surface area (Å²) in [5, 5.41) is 19.9. The fraction of sp³-hybridized carbons (Fsp3) is 0.190. The van der Waals surface area contributed by atoms with Crippen LogP contribution < -0.4 is 5.56 Å². The molecule has 126 valence electrons. The van der Waals surface area contributed by atoms with Crippen LogP contribution in [0.3, 0.4) is 0 Å². The number of hydrogen-bond acceptors (Lipinski definition) is 3. The van der Waals surface area contributed by atoms with Gasteiger partial charge in [-0.2, -0.15) is 0 Å². The van der Waals surface area contributed by atoms with Crippen LogP contribution in [-0.2, 0) is 13.0 Å². The maximum Gasteiger partial charge on any atom is 0.258 e. The van der Waals surface area contributed by atoms with Crippen molar-refractivity contribution in [3.8, 4) is 11.8 Å². The van der Waals surface area contributed by atoms with Crippen molar-refractivity contribution in [3.05, 3.63) is 82.3 Å². The summed E-state index contributed by atoms with van der Waals surface area (Å²) in [6.07, 6.45) is 1.33. The average Bonchev–Trinajstić information content (AvgIpc) is 2.65. The molecule has 4 nitrogen and oxygen atoms in total. The van der Waals surface area contributed by atoms with Gasteiger partial charge in [0.25, 0.3) is 5.56 Å². The molecule has 0 aliphatic rings. The van der Waals surface area contributed by atoms with Gasteiger partial charge < -0.3 is 14.8 Å². The Balaban J connectivity index is 1.88. The Kier molecular flexibility index (Phi) is 5.30. The Hall–Kier alpha value is -2.87. The number of hydrogen-bond donors (Lipinski definition) is 2. The summed E-state index contributed by atoms with van der Waals surface area (Å²) >= 11 is 0. The molecular formula is C21H19NO3. The molecule has 0 aliphatic heterocycles. The van der Waals surface area contributed by atoms with Crippen molar-refractivity contribution in [2.75, 3.05) is 6.61 Å². The molecule has 1 unspecified atom stereocenters. The highest BCUT2D eigenvalue weighted by atomic mass is 16.3. The largest absolute Gasteiger partial charge is 0.394 e. The molecule has 3 aromatic rings. The second kappa shape index (κ2) is 7.80. The van der Waals surface area contributed by atoms with Crippen molar-refractivity contribution >= 4 is 10.8 Å². The summed E-state index contributed by atoms with van der Waals surface area (Å²) in [6.45, 7) is -0.315. The van der Waals surface area contributed by atoms with E-state index in [1.54, 1.807) is 12.3 Å². The molecule has 0 fully saturated rings. The molecule has 1 aromatic heterocycles. The third-order valence-corrected chi connectivity index (χ3v) is 3.96. The molecule has 1 heterocycles. The normalized spacial score (nSPS) is 11.8. The van der Waals surface area contributed by atoms with Gasteiger partial charge in [-0.3, -0.25) is 4.79 Å². The molecule has 3 rings (SSSR count). The molecule has 4 heteroatoms. The molecule has 2 N–H and O–H groups in total. The van der Waals surface area contributed by atoms with Crippen LogP contribution >= 0.6 is 0 Å². The van der Waals surface area contributed by atoms with Crippen molar-refractivity contribution in [2.24, 2.45) is 0 Å². The predicted octanol–water partition coefficient (Wildman–Crippen LogP) is 1.95. The van der Waals surface area contributed by atoms with Gasteiger partial charge in [0.15, 0.2) is 0 Å². The summed E-state index contributed by atoms with van der Waals surface area (Å²) < 4.78 is 1.41. The lowest BCUT2D eigenvalue weighted by Crippen LogP contribution is -2.28. The van der Waals surface area contributed by atoms with E-state index in [0.29, 0.717) is 11.8 Å². The Bertz CT molecular complexity index is 981. The van der Waals surface area contributed by atoms with Crippen molar-refractivity contribution in [2.45, 2.75) is 19.1 Å². The highest BCUT2D eigenvalue weighted by Crippen LogP contribution is 2.12. The SMILES string of the molecule is O=c1c2cc(C#CCc3ccccc3)ccc2ccn1CC(O)CO. The lowest BCUT2D eigenvalue weighted by Gasteiger charge is -2.10. The highest BCUT2D eigenvalue weighted by molar-refractivity contribution is 5.82. The quantitative estimate of drug-likeness (QED) is 0.718. The van der Waals surface area contributed by atoms with Gasteiger partial charge in [0.1, 0.15) is 0 Å². The fourth-order valence-electron chi connectivity index (χ4n) is 2.63. The van der Waals surface area contributed by atoms with Gasteiger partial charge in [0.2, 0.25) is 0 Å². The Morgan fingerprint density at radius 1 is 1.08 bits per heavy atom. The van der Waals surface area contributed by atoms with E-state index >= 15 is 0 Å². The maximum atomic E-state index is 12.5. The van der Waals surface area contributed by atoms with Crippen LogP contribution in [0.2, 0.25) is 0 Å². The number of aliphatic hydroxyl groups excluding tert-OH is 2. The van der Waals surface area contributed by atoms with E-state index in [0.717, 1.165) is 16.5 Å². The van der Waals surface area contributed by atoms with E-state index in [4.69, 9.17) is 5.11 Å². The molecule has 0 bridgehead atoms. The minimum atomic E-state index is -0.955. The van der Waals surface area contributed by atoms with Gasteiger partial charge >= 0.3 is 0 Å². The second-order valence-electron chi connectivity index (χ2n) is 5.88. The van der Waals surface area contributed by atoms with Crippen LogP contribution in [0.4, 0.5) is 0 Å². The van der Waals surface area contributed by atoms with E-state index in [-0.39, 0.29) is 18.7 Å². The number of pyridine rings is 1.